The number of aliphatic hydroxyl groups is 1. The third kappa shape index (κ3) is 4.07. The van der Waals surface area contributed by atoms with Crippen LogP contribution in [0.15, 0.2) is 46.1 Å². The van der Waals surface area contributed by atoms with E-state index < -0.39 is 22.7 Å². The van der Waals surface area contributed by atoms with Gasteiger partial charge in [0.05, 0.1) is 58.5 Å². The van der Waals surface area contributed by atoms with Crippen molar-refractivity contribution in [1.82, 2.24) is 5.32 Å². The number of phenolic OH excluding ortho intramolecular Hbond substituents is 1. The summed E-state index contributed by atoms with van der Waals surface area (Å²) in [6, 6.07) is 6.71. The Labute approximate surface area is 160 Å². The predicted octanol–water partition coefficient (Wildman–Crippen LogP) is 1.27. The first-order valence-electron chi connectivity index (χ1n) is 8.77. The van der Waals surface area contributed by atoms with Crippen LogP contribution in [-0.2, 0) is 25.1 Å². The lowest BCUT2D eigenvalue weighted by molar-refractivity contribution is -0.139. The summed E-state index contributed by atoms with van der Waals surface area (Å²) < 4.78 is 23.8. The number of nitrogens with one attached hydrogen (secondary N) is 1. The molecule has 0 amide bonds. The number of ether oxygens (including phenoxy) is 2. The number of esters is 1. The third-order valence-corrected chi connectivity index (χ3v) is 6.01. The van der Waals surface area contributed by atoms with Gasteiger partial charge in [0.15, 0.2) is 0 Å². The topological polar surface area (TPSA) is 105 Å². The molecule has 2 unspecified atom stereocenters. The molecule has 0 aliphatic carbocycles. The second-order valence-corrected chi connectivity index (χ2v) is 7.85. The summed E-state index contributed by atoms with van der Waals surface area (Å²) >= 11 is 0. The van der Waals surface area contributed by atoms with E-state index in [9.17, 15) is 14.1 Å². The van der Waals surface area contributed by atoms with Gasteiger partial charge in [0, 0.05) is 24.3 Å². The van der Waals surface area contributed by atoms with Crippen molar-refractivity contribution in [3.05, 3.63) is 51.7 Å². The maximum Gasteiger partial charge on any atom is 0.336 e. The molecule has 3 N–H and O–H groups in total. The maximum atomic E-state index is 12.9. The van der Waals surface area contributed by atoms with Crippen LogP contribution in [-0.4, -0.2) is 52.6 Å². The summed E-state index contributed by atoms with van der Waals surface area (Å²) in [5.74, 6) is -0.912. The standard InChI is InChI=1S/C19H23NO6S/c1-12-16(19(23)26-8-4-7-21)17(13-5-2-3-6-15(13)22)18-14(20-12)11-25-9-10-27(18)24/h2-3,5-6,17,20-22H,4,7-11H2,1H3. The fourth-order valence-corrected chi connectivity index (χ4v) is 4.66. The first-order valence-corrected chi connectivity index (χ1v) is 10.1. The lowest BCUT2D eigenvalue weighted by Gasteiger charge is -2.31. The van der Waals surface area contributed by atoms with Crippen LogP contribution in [0, 0.1) is 0 Å². The van der Waals surface area contributed by atoms with Crippen molar-refractivity contribution < 1.29 is 28.7 Å². The largest absolute Gasteiger partial charge is 0.508 e. The van der Waals surface area contributed by atoms with Crippen molar-refractivity contribution in [2.75, 3.05) is 32.2 Å². The van der Waals surface area contributed by atoms with Crippen LogP contribution in [0.4, 0.5) is 0 Å². The van der Waals surface area contributed by atoms with E-state index in [1.54, 1.807) is 25.1 Å². The SMILES string of the molecule is CC1=C(C(=O)OCCCO)C(c2ccccc2O)C2=C(COCCS2=O)N1. The van der Waals surface area contributed by atoms with Gasteiger partial charge in [-0.1, -0.05) is 18.2 Å². The zero-order valence-corrected chi connectivity index (χ0v) is 15.9. The Hall–Kier alpha value is -2.16. The van der Waals surface area contributed by atoms with Gasteiger partial charge in [-0.3, -0.25) is 4.21 Å². The molecule has 7 nitrogen and oxygen atoms in total. The van der Waals surface area contributed by atoms with Crippen LogP contribution in [0.1, 0.15) is 24.8 Å². The van der Waals surface area contributed by atoms with E-state index in [1.807, 2.05) is 0 Å². The zero-order valence-electron chi connectivity index (χ0n) is 15.1. The number of dihydropyridines is 1. The smallest absolute Gasteiger partial charge is 0.336 e. The van der Waals surface area contributed by atoms with Gasteiger partial charge >= 0.3 is 5.97 Å². The summed E-state index contributed by atoms with van der Waals surface area (Å²) in [6.07, 6.45) is 0.334. The van der Waals surface area contributed by atoms with E-state index in [1.165, 1.54) is 6.07 Å². The molecule has 2 heterocycles. The monoisotopic (exact) mass is 393 g/mol. The van der Waals surface area contributed by atoms with Crippen LogP contribution in [0.3, 0.4) is 0 Å². The Balaban J connectivity index is 2.09. The molecule has 146 valence electrons. The van der Waals surface area contributed by atoms with E-state index >= 15 is 0 Å². The van der Waals surface area contributed by atoms with Gasteiger partial charge in [-0.25, -0.2) is 4.79 Å². The summed E-state index contributed by atoms with van der Waals surface area (Å²) in [7, 11) is -1.37. The summed E-state index contributed by atoms with van der Waals surface area (Å²) in [5.41, 5.74) is 2.03. The van der Waals surface area contributed by atoms with Crippen molar-refractivity contribution in [3.8, 4) is 5.75 Å². The molecule has 0 bridgehead atoms. The number of phenols is 1. The molecule has 0 saturated heterocycles. The maximum absolute atomic E-state index is 12.9. The molecule has 3 rings (SSSR count). The number of carbonyl (C=O) groups is 1. The highest BCUT2D eigenvalue weighted by molar-refractivity contribution is 7.89. The normalized spacial score (nSPS) is 22.7. The molecule has 0 spiro atoms. The fraction of sp³-hybridized carbons (Fsp3) is 0.421. The molecule has 0 saturated carbocycles. The number of hydrogen-bond donors (Lipinski definition) is 3. The van der Waals surface area contributed by atoms with Crippen molar-refractivity contribution in [1.29, 1.82) is 0 Å². The molecule has 1 aromatic carbocycles. The van der Waals surface area contributed by atoms with Crippen LogP contribution >= 0.6 is 0 Å². The molecular weight excluding hydrogens is 370 g/mol. The molecule has 2 aliphatic rings. The molecular formula is C19H23NO6S. The summed E-state index contributed by atoms with van der Waals surface area (Å²) in [4.78, 5) is 13.3. The van der Waals surface area contributed by atoms with Crippen molar-refractivity contribution in [2.45, 2.75) is 19.3 Å². The number of allylic oxidation sites excluding steroid dienone is 2. The van der Waals surface area contributed by atoms with Gasteiger partial charge in [-0.15, -0.1) is 0 Å². The van der Waals surface area contributed by atoms with Crippen molar-refractivity contribution in [3.63, 3.8) is 0 Å². The predicted molar refractivity (Wildman–Crippen MR) is 100 cm³/mol. The van der Waals surface area contributed by atoms with Crippen LogP contribution < -0.4 is 5.32 Å². The average Bonchev–Trinajstić information content (AvgIpc) is 2.82. The Morgan fingerprint density at radius 3 is 2.93 bits per heavy atom. The Morgan fingerprint density at radius 2 is 2.19 bits per heavy atom. The number of rotatable bonds is 5. The molecule has 1 aromatic rings. The second-order valence-electron chi connectivity index (χ2n) is 6.31. The summed E-state index contributed by atoms with van der Waals surface area (Å²) in [6.45, 7) is 2.35. The van der Waals surface area contributed by atoms with Gasteiger partial charge in [0.1, 0.15) is 5.75 Å². The number of para-hydroxylation sites is 1. The first kappa shape index (κ1) is 19.6. The van der Waals surface area contributed by atoms with Crippen LogP contribution in [0.5, 0.6) is 5.75 Å². The van der Waals surface area contributed by atoms with E-state index in [4.69, 9.17) is 14.6 Å². The number of carbonyl (C=O) groups excluding carboxylic acids is 1. The lowest BCUT2D eigenvalue weighted by atomic mass is 9.86. The number of hydrogen-bond acceptors (Lipinski definition) is 7. The third-order valence-electron chi connectivity index (χ3n) is 4.50. The highest BCUT2D eigenvalue weighted by atomic mass is 32.2. The average molecular weight is 393 g/mol. The van der Waals surface area contributed by atoms with Gasteiger partial charge in [0.2, 0.25) is 0 Å². The Kier molecular flexibility index (Phi) is 6.30. The van der Waals surface area contributed by atoms with Gasteiger partial charge < -0.3 is 25.0 Å². The Morgan fingerprint density at radius 1 is 1.41 bits per heavy atom. The molecule has 2 atom stereocenters. The molecule has 0 aromatic heterocycles. The number of aromatic hydroxyl groups is 1. The van der Waals surface area contributed by atoms with E-state index in [0.29, 0.717) is 46.2 Å². The minimum Gasteiger partial charge on any atom is -0.508 e. The highest BCUT2D eigenvalue weighted by Crippen LogP contribution is 2.43. The minimum absolute atomic E-state index is 0.0203. The van der Waals surface area contributed by atoms with E-state index in [2.05, 4.69) is 5.32 Å². The number of aliphatic hydroxyl groups excluding tert-OH is 1. The quantitative estimate of drug-likeness (QED) is 0.511. The van der Waals surface area contributed by atoms with Gasteiger partial charge in [-0.05, 0) is 13.0 Å². The van der Waals surface area contributed by atoms with E-state index in [0.717, 1.165) is 0 Å². The minimum atomic E-state index is -1.37. The lowest BCUT2D eigenvalue weighted by Crippen LogP contribution is -2.32. The zero-order chi connectivity index (χ0) is 19.4. The van der Waals surface area contributed by atoms with Crippen LogP contribution in [0.25, 0.3) is 0 Å². The summed E-state index contributed by atoms with van der Waals surface area (Å²) in [5, 5.41) is 22.5. The first-order chi connectivity index (χ1) is 13.0. The molecule has 0 radical (unpaired) electrons. The van der Waals surface area contributed by atoms with Gasteiger partial charge in [-0.2, -0.15) is 0 Å². The van der Waals surface area contributed by atoms with Gasteiger partial charge in [0.25, 0.3) is 0 Å². The molecule has 0 fully saturated rings. The van der Waals surface area contributed by atoms with Crippen LogP contribution in [0.2, 0.25) is 0 Å². The molecule has 2 aliphatic heterocycles. The highest BCUT2D eigenvalue weighted by Gasteiger charge is 2.39. The van der Waals surface area contributed by atoms with Crippen molar-refractivity contribution >= 4 is 16.8 Å². The Bertz CT molecular complexity index is 816. The fourth-order valence-electron chi connectivity index (χ4n) is 3.28. The molecule has 8 heteroatoms. The molecule has 27 heavy (non-hydrogen) atoms. The van der Waals surface area contributed by atoms with Crippen molar-refractivity contribution in [2.24, 2.45) is 0 Å². The van der Waals surface area contributed by atoms with E-state index in [-0.39, 0.29) is 25.6 Å². The second kappa shape index (κ2) is 8.69. The number of benzene rings is 1.